The number of rotatable bonds is 6. The SMILES string of the molecule is CC[S@@](=O)CCSc1nc(-c2cccs2)cc(C(F)(F)F)c1C#N. The molecule has 0 aliphatic carbocycles. The van der Waals surface area contributed by atoms with Gasteiger partial charge in [-0.2, -0.15) is 18.4 Å². The zero-order chi connectivity index (χ0) is 17.7. The topological polar surface area (TPSA) is 53.8 Å². The summed E-state index contributed by atoms with van der Waals surface area (Å²) in [5.74, 6) is 1.17. The van der Waals surface area contributed by atoms with Crippen LogP contribution in [0.25, 0.3) is 10.6 Å². The lowest BCUT2D eigenvalue weighted by atomic mass is 10.1. The van der Waals surface area contributed by atoms with E-state index in [1.807, 2.05) is 0 Å². The van der Waals surface area contributed by atoms with Crippen LogP contribution >= 0.6 is 23.1 Å². The predicted molar refractivity (Wildman–Crippen MR) is 91.5 cm³/mol. The van der Waals surface area contributed by atoms with Crippen molar-refractivity contribution in [3.8, 4) is 16.6 Å². The molecular weight excluding hydrogens is 377 g/mol. The Morgan fingerprint density at radius 3 is 2.75 bits per heavy atom. The second-order valence-electron chi connectivity index (χ2n) is 4.60. The first-order valence-corrected chi connectivity index (χ1v) is 10.3. The number of alkyl halides is 3. The van der Waals surface area contributed by atoms with Crippen molar-refractivity contribution >= 4 is 33.9 Å². The van der Waals surface area contributed by atoms with Crippen LogP contribution in [0.4, 0.5) is 13.2 Å². The van der Waals surface area contributed by atoms with Gasteiger partial charge in [0.25, 0.3) is 0 Å². The van der Waals surface area contributed by atoms with Crippen molar-refractivity contribution in [2.75, 3.05) is 17.3 Å². The number of hydrogen-bond acceptors (Lipinski definition) is 5. The van der Waals surface area contributed by atoms with Crippen molar-refractivity contribution in [3.63, 3.8) is 0 Å². The van der Waals surface area contributed by atoms with Gasteiger partial charge in [0.1, 0.15) is 11.1 Å². The predicted octanol–water partition coefficient (Wildman–Crippen LogP) is 4.56. The summed E-state index contributed by atoms with van der Waals surface area (Å²) >= 11 is 2.31. The average molecular weight is 390 g/mol. The first kappa shape index (κ1) is 19.0. The van der Waals surface area contributed by atoms with Gasteiger partial charge < -0.3 is 0 Å². The summed E-state index contributed by atoms with van der Waals surface area (Å²) in [6.07, 6.45) is -4.64. The number of thioether (sulfide) groups is 1. The van der Waals surface area contributed by atoms with Gasteiger partial charge in [-0.05, 0) is 17.5 Å². The molecule has 0 radical (unpaired) electrons. The zero-order valence-corrected chi connectivity index (χ0v) is 15.0. The molecule has 0 N–H and O–H groups in total. The van der Waals surface area contributed by atoms with Crippen molar-refractivity contribution in [1.82, 2.24) is 4.98 Å². The minimum Gasteiger partial charge on any atom is -0.260 e. The number of nitrogens with zero attached hydrogens (tertiary/aromatic N) is 2. The van der Waals surface area contributed by atoms with Gasteiger partial charge in [0.2, 0.25) is 0 Å². The van der Waals surface area contributed by atoms with Crippen LogP contribution in [0.2, 0.25) is 0 Å². The fourth-order valence-electron chi connectivity index (χ4n) is 1.88. The molecule has 1 atom stereocenters. The van der Waals surface area contributed by atoms with Crippen LogP contribution in [0.1, 0.15) is 18.1 Å². The first-order valence-electron chi connectivity index (χ1n) is 6.90. The van der Waals surface area contributed by atoms with E-state index in [1.54, 1.807) is 30.5 Å². The Balaban J connectivity index is 2.45. The Hall–Kier alpha value is -1.37. The summed E-state index contributed by atoms with van der Waals surface area (Å²) in [4.78, 5) is 4.84. The lowest BCUT2D eigenvalue weighted by Crippen LogP contribution is -2.11. The second kappa shape index (κ2) is 8.14. The van der Waals surface area contributed by atoms with Crippen LogP contribution in [0.3, 0.4) is 0 Å². The molecule has 3 nitrogen and oxygen atoms in total. The van der Waals surface area contributed by atoms with Crippen LogP contribution in [0.15, 0.2) is 28.6 Å². The number of nitriles is 1. The molecule has 128 valence electrons. The summed E-state index contributed by atoms with van der Waals surface area (Å²) in [6.45, 7) is 1.78. The summed E-state index contributed by atoms with van der Waals surface area (Å²) in [5, 5.41) is 11.0. The van der Waals surface area contributed by atoms with E-state index in [1.165, 1.54) is 11.3 Å². The Kier molecular flexibility index (Phi) is 6.43. The summed E-state index contributed by atoms with van der Waals surface area (Å²) in [5.41, 5.74) is -1.27. The molecule has 2 heterocycles. The van der Waals surface area contributed by atoms with Gasteiger partial charge >= 0.3 is 6.18 Å². The molecule has 0 fully saturated rings. The van der Waals surface area contributed by atoms with E-state index in [0.717, 1.165) is 17.8 Å². The molecule has 0 aromatic carbocycles. The van der Waals surface area contributed by atoms with E-state index in [2.05, 4.69) is 4.98 Å². The third kappa shape index (κ3) is 4.59. The van der Waals surface area contributed by atoms with Crippen molar-refractivity contribution in [3.05, 3.63) is 34.7 Å². The molecule has 0 spiro atoms. The van der Waals surface area contributed by atoms with Crippen molar-refractivity contribution < 1.29 is 17.4 Å². The normalized spacial score (nSPS) is 12.8. The van der Waals surface area contributed by atoms with E-state index < -0.39 is 28.1 Å². The zero-order valence-electron chi connectivity index (χ0n) is 12.6. The van der Waals surface area contributed by atoms with Crippen LogP contribution in [-0.4, -0.2) is 26.5 Å². The van der Waals surface area contributed by atoms with E-state index >= 15 is 0 Å². The molecule has 0 amide bonds. The minimum atomic E-state index is -4.64. The van der Waals surface area contributed by atoms with Crippen LogP contribution in [0, 0.1) is 11.3 Å². The quantitative estimate of drug-likeness (QED) is 0.679. The smallest absolute Gasteiger partial charge is 0.260 e. The molecule has 2 aromatic rings. The molecule has 0 aliphatic heterocycles. The van der Waals surface area contributed by atoms with Crippen LogP contribution < -0.4 is 0 Å². The Bertz CT molecular complexity index is 768. The van der Waals surface area contributed by atoms with Gasteiger partial charge in [-0.25, -0.2) is 4.98 Å². The maximum Gasteiger partial charge on any atom is 0.417 e. The van der Waals surface area contributed by atoms with Crippen molar-refractivity contribution in [2.24, 2.45) is 0 Å². The van der Waals surface area contributed by atoms with Crippen molar-refractivity contribution in [2.45, 2.75) is 18.1 Å². The third-order valence-corrected chi connectivity index (χ3v) is 6.48. The summed E-state index contributed by atoms with van der Waals surface area (Å²) < 4.78 is 51.4. The molecule has 2 aromatic heterocycles. The lowest BCUT2D eigenvalue weighted by molar-refractivity contribution is -0.138. The van der Waals surface area contributed by atoms with E-state index in [0.29, 0.717) is 22.1 Å². The largest absolute Gasteiger partial charge is 0.417 e. The van der Waals surface area contributed by atoms with E-state index in [4.69, 9.17) is 0 Å². The summed E-state index contributed by atoms with van der Waals surface area (Å²) in [6, 6.07) is 5.94. The van der Waals surface area contributed by atoms with Gasteiger partial charge in [0.15, 0.2) is 0 Å². The number of hydrogen-bond donors (Lipinski definition) is 0. The summed E-state index contributed by atoms with van der Waals surface area (Å²) in [7, 11) is -1.02. The molecule has 0 unspecified atom stereocenters. The monoisotopic (exact) mass is 390 g/mol. The van der Waals surface area contributed by atoms with Crippen LogP contribution in [-0.2, 0) is 17.0 Å². The van der Waals surface area contributed by atoms with Gasteiger partial charge in [0.05, 0.1) is 21.7 Å². The maximum atomic E-state index is 13.3. The molecule has 0 aliphatic rings. The number of pyridine rings is 1. The standard InChI is InChI=1S/C15H13F3N2OS3/c1-2-24(21)7-6-23-14-10(9-19)11(15(16,17)18)8-12(20-14)13-4-3-5-22-13/h3-5,8H,2,6-7H2,1H3/t24-/m1/s1. The fraction of sp³-hybridized carbons (Fsp3) is 0.333. The molecule has 0 saturated carbocycles. The molecule has 24 heavy (non-hydrogen) atoms. The van der Waals surface area contributed by atoms with Gasteiger partial charge in [-0.15, -0.1) is 23.1 Å². The minimum absolute atomic E-state index is 0.0313. The number of aromatic nitrogens is 1. The number of thiophene rings is 1. The van der Waals surface area contributed by atoms with Crippen LogP contribution in [0.5, 0.6) is 0 Å². The Labute approximate surface area is 148 Å². The molecular formula is C15H13F3N2OS3. The Morgan fingerprint density at radius 1 is 1.46 bits per heavy atom. The highest BCUT2D eigenvalue weighted by molar-refractivity contribution is 8.00. The van der Waals surface area contributed by atoms with E-state index in [9.17, 15) is 22.6 Å². The van der Waals surface area contributed by atoms with E-state index in [-0.39, 0.29) is 10.7 Å². The Morgan fingerprint density at radius 2 is 2.21 bits per heavy atom. The average Bonchev–Trinajstić information content (AvgIpc) is 3.07. The highest BCUT2D eigenvalue weighted by atomic mass is 32.2. The molecule has 2 rings (SSSR count). The van der Waals surface area contributed by atoms with Gasteiger partial charge in [0, 0.05) is 28.1 Å². The highest BCUT2D eigenvalue weighted by Gasteiger charge is 2.36. The lowest BCUT2D eigenvalue weighted by Gasteiger charge is -2.13. The second-order valence-corrected chi connectivity index (χ2v) is 8.50. The first-order chi connectivity index (χ1) is 11.4. The van der Waals surface area contributed by atoms with Gasteiger partial charge in [-0.3, -0.25) is 4.21 Å². The third-order valence-electron chi connectivity index (χ3n) is 3.05. The van der Waals surface area contributed by atoms with Gasteiger partial charge in [-0.1, -0.05) is 13.0 Å². The molecule has 9 heteroatoms. The maximum absolute atomic E-state index is 13.3. The molecule has 0 bridgehead atoms. The number of halogens is 3. The van der Waals surface area contributed by atoms with Crippen molar-refractivity contribution in [1.29, 1.82) is 5.26 Å². The fourth-order valence-corrected chi connectivity index (χ4v) is 4.59. The molecule has 0 saturated heterocycles. The highest BCUT2D eigenvalue weighted by Crippen LogP contribution is 2.38.